The molecule has 0 aliphatic heterocycles. The van der Waals surface area contributed by atoms with Crippen molar-refractivity contribution in [3.05, 3.63) is 23.2 Å². The van der Waals surface area contributed by atoms with Gasteiger partial charge in [-0.05, 0) is 38.9 Å². The molecule has 21 heavy (non-hydrogen) atoms. The zero-order valence-electron chi connectivity index (χ0n) is 13.0. The van der Waals surface area contributed by atoms with Gasteiger partial charge in [0.25, 0.3) is 0 Å². The number of halogens is 3. The maximum atomic E-state index is 12.6. The van der Waals surface area contributed by atoms with Crippen LogP contribution in [-0.4, -0.2) is 30.7 Å². The van der Waals surface area contributed by atoms with E-state index in [0.717, 1.165) is 24.3 Å². The molecule has 0 radical (unpaired) electrons. The molecule has 0 atom stereocenters. The van der Waals surface area contributed by atoms with Crippen molar-refractivity contribution in [2.45, 2.75) is 52.9 Å². The number of nitrogens with one attached hydrogen (secondary N) is 1. The second-order valence-corrected chi connectivity index (χ2v) is 5.30. The van der Waals surface area contributed by atoms with Crippen LogP contribution < -0.4 is 5.32 Å². The predicted molar refractivity (Wildman–Crippen MR) is 77.1 cm³/mol. The van der Waals surface area contributed by atoms with Crippen molar-refractivity contribution < 1.29 is 17.6 Å². The fourth-order valence-corrected chi connectivity index (χ4v) is 2.24. The van der Waals surface area contributed by atoms with Gasteiger partial charge < -0.3 is 9.73 Å². The summed E-state index contributed by atoms with van der Waals surface area (Å²) in [7, 11) is 0. The van der Waals surface area contributed by atoms with Crippen LogP contribution in [0, 0.1) is 6.92 Å². The van der Waals surface area contributed by atoms with E-state index in [9.17, 15) is 13.2 Å². The van der Waals surface area contributed by atoms with Crippen molar-refractivity contribution in [2.75, 3.05) is 19.6 Å². The Morgan fingerprint density at radius 3 is 2.52 bits per heavy atom. The lowest BCUT2D eigenvalue weighted by Crippen LogP contribution is -2.34. The minimum absolute atomic E-state index is 0.274. The Labute approximate surface area is 124 Å². The first kappa shape index (κ1) is 18.0. The highest BCUT2D eigenvalue weighted by atomic mass is 19.4. The van der Waals surface area contributed by atoms with E-state index in [1.54, 1.807) is 6.92 Å². The Morgan fingerprint density at radius 1 is 1.24 bits per heavy atom. The number of alkyl halides is 3. The number of rotatable bonds is 9. The van der Waals surface area contributed by atoms with Crippen LogP contribution in [0.15, 0.2) is 10.5 Å². The summed E-state index contributed by atoms with van der Waals surface area (Å²) < 4.78 is 43.3. The van der Waals surface area contributed by atoms with Gasteiger partial charge in [-0.2, -0.15) is 13.2 Å². The maximum absolute atomic E-state index is 12.6. The molecule has 0 unspecified atom stereocenters. The van der Waals surface area contributed by atoms with Crippen molar-refractivity contribution in [3.8, 4) is 0 Å². The molecule has 0 bridgehead atoms. The van der Waals surface area contributed by atoms with Gasteiger partial charge in [-0.15, -0.1) is 0 Å². The number of hydrogen-bond donors (Lipinski definition) is 1. The summed E-state index contributed by atoms with van der Waals surface area (Å²) in [6.07, 6.45) is -2.45. The van der Waals surface area contributed by atoms with Gasteiger partial charge in [0.1, 0.15) is 11.5 Å². The lowest BCUT2D eigenvalue weighted by atomic mass is 10.2. The van der Waals surface area contributed by atoms with Gasteiger partial charge in [-0.1, -0.05) is 13.8 Å². The highest BCUT2D eigenvalue weighted by Gasteiger charge is 2.30. The smallest absolute Gasteiger partial charge is 0.401 e. The average Bonchev–Trinajstić information content (AvgIpc) is 2.68. The molecule has 1 aromatic rings. The topological polar surface area (TPSA) is 28.4 Å². The summed E-state index contributed by atoms with van der Waals surface area (Å²) >= 11 is 0. The number of nitrogens with zero attached hydrogens (tertiary/aromatic N) is 1. The molecule has 0 amide bonds. The Kier molecular flexibility index (Phi) is 7.25. The fourth-order valence-electron chi connectivity index (χ4n) is 2.24. The van der Waals surface area contributed by atoms with Crippen LogP contribution in [0.4, 0.5) is 13.2 Å². The van der Waals surface area contributed by atoms with Crippen LogP contribution in [0.5, 0.6) is 0 Å². The average molecular weight is 306 g/mol. The van der Waals surface area contributed by atoms with Crippen LogP contribution in [0.3, 0.4) is 0 Å². The van der Waals surface area contributed by atoms with Crippen LogP contribution >= 0.6 is 0 Å². The fraction of sp³-hybridized carbons (Fsp3) is 0.733. The molecule has 122 valence electrons. The molecule has 0 aromatic carbocycles. The van der Waals surface area contributed by atoms with E-state index in [4.69, 9.17) is 4.42 Å². The van der Waals surface area contributed by atoms with Crippen molar-refractivity contribution in [2.24, 2.45) is 0 Å². The quantitative estimate of drug-likeness (QED) is 0.702. The van der Waals surface area contributed by atoms with Gasteiger partial charge in [0.15, 0.2) is 0 Å². The molecule has 6 heteroatoms. The van der Waals surface area contributed by atoms with Crippen molar-refractivity contribution in [1.29, 1.82) is 0 Å². The van der Waals surface area contributed by atoms with Crippen molar-refractivity contribution >= 4 is 0 Å². The first-order chi connectivity index (χ1) is 9.85. The Hall–Kier alpha value is -1.01. The Morgan fingerprint density at radius 2 is 1.95 bits per heavy atom. The van der Waals surface area contributed by atoms with Crippen LogP contribution in [-0.2, 0) is 13.1 Å². The first-order valence-electron chi connectivity index (χ1n) is 7.43. The molecule has 0 aliphatic carbocycles. The standard InChI is InChI=1S/C15H25F3N2O/c1-4-6-19-9-14-8-13(12(3)21-14)10-20(7-5-2)11-15(16,17)18/h8,19H,4-7,9-11H2,1-3H3. The van der Waals surface area contributed by atoms with Gasteiger partial charge in [-0.3, -0.25) is 4.90 Å². The Bertz CT molecular complexity index is 416. The zero-order chi connectivity index (χ0) is 15.9. The van der Waals surface area contributed by atoms with E-state index in [2.05, 4.69) is 12.2 Å². The van der Waals surface area contributed by atoms with Gasteiger partial charge >= 0.3 is 6.18 Å². The molecule has 1 heterocycles. The van der Waals surface area contributed by atoms with Crippen molar-refractivity contribution in [1.82, 2.24) is 10.2 Å². The zero-order valence-corrected chi connectivity index (χ0v) is 13.0. The summed E-state index contributed by atoms with van der Waals surface area (Å²) in [4.78, 5) is 1.42. The molecule has 0 spiro atoms. The molecule has 0 saturated heterocycles. The molecule has 3 nitrogen and oxygen atoms in total. The maximum Gasteiger partial charge on any atom is 0.401 e. The summed E-state index contributed by atoms with van der Waals surface area (Å²) in [6, 6.07) is 1.86. The highest BCUT2D eigenvalue weighted by molar-refractivity contribution is 5.20. The SMILES string of the molecule is CCCNCc1cc(CN(CCC)CC(F)(F)F)c(C)o1. The predicted octanol–water partition coefficient (Wildman–Crippen LogP) is 3.86. The third kappa shape index (κ3) is 7.00. The normalized spacial score (nSPS) is 12.3. The lowest BCUT2D eigenvalue weighted by Gasteiger charge is -2.22. The summed E-state index contributed by atoms with van der Waals surface area (Å²) in [5.74, 6) is 1.48. The van der Waals surface area contributed by atoms with Crippen LogP contribution in [0.1, 0.15) is 43.8 Å². The summed E-state index contributed by atoms with van der Waals surface area (Å²) in [5.41, 5.74) is 0.834. The number of furan rings is 1. The number of hydrogen-bond acceptors (Lipinski definition) is 3. The van der Waals surface area contributed by atoms with E-state index >= 15 is 0 Å². The van der Waals surface area contributed by atoms with Gasteiger partial charge in [0, 0.05) is 12.1 Å². The first-order valence-corrected chi connectivity index (χ1v) is 7.43. The molecule has 0 aliphatic rings. The molecule has 1 aromatic heterocycles. The highest BCUT2D eigenvalue weighted by Crippen LogP contribution is 2.21. The van der Waals surface area contributed by atoms with E-state index < -0.39 is 12.7 Å². The third-order valence-electron chi connectivity index (χ3n) is 3.13. The van der Waals surface area contributed by atoms with Crippen LogP contribution in [0.2, 0.25) is 0 Å². The second-order valence-electron chi connectivity index (χ2n) is 5.30. The monoisotopic (exact) mass is 306 g/mol. The summed E-state index contributed by atoms with van der Waals surface area (Å²) in [5, 5.41) is 3.22. The minimum Gasteiger partial charge on any atom is -0.465 e. The third-order valence-corrected chi connectivity index (χ3v) is 3.13. The molecular weight excluding hydrogens is 281 g/mol. The van der Waals surface area contributed by atoms with Gasteiger partial charge in [0.05, 0.1) is 13.1 Å². The van der Waals surface area contributed by atoms with Gasteiger partial charge in [0.2, 0.25) is 0 Å². The summed E-state index contributed by atoms with van der Waals surface area (Å²) in [6.45, 7) is 7.08. The van der Waals surface area contributed by atoms with E-state index in [0.29, 0.717) is 25.3 Å². The number of aryl methyl sites for hydroxylation is 1. The van der Waals surface area contributed by atoms with E-state index in [1.807, 2.05) is 13.0 Å². The van der Waals surface area contributed by atoms with Gasteiger partial charge in [-0.25, -0.2) is 0 Å². The molecule has 1 N–H and O–H groups in total. The van der Waals surface area contributed by atoms with Crippen molar-refractivity contribution in [3.63, 3.8) is 0 Å². The molecule has 1 rings (SSSR count). The minimum atomic E-state index is -4.17. The van der Waals surface area contributed by atoms with E-state index in [1.165, 1.54) is 4.90 Å². The largest absolute Gasteiger partial charge is 0.465 e. The Balaban J connectivity index is 2.65. The second kappa shape index (κ2) is 8.44. The molecule has 0 fully saturated rings. The van der Waals surface area contributed by atoms with Crippen LogP contribution in [0.25, 0.3) is 0 Å². The lowest BCUT2D eigenvalue weighted by molar-refractivity contribution is -0.147. The van der Waals surface area contributed by atoms with E-state index in [-0.39, 0.29) is 6.54 Å². The molecular formula is C15H25F3N2O. The molecule has 0 saturated carbocycles.